The quantitative estimate of drug-likeness (QED) is 0.467. The van der Waals surface area contributed by atoms with Gasteiger partial charge in [-0.3, -0.25) is 14.2 Å². The number of hydrogen-bond donors (Lipinski definition) is 0. The smallest absolute Gasteiger partial charge is 0.233 e. The summed E-state index contributed by atoms with van der Waals surface area (Å²) < 4.78 is 7.35. The first-order valence-corrected chi connectivity index (χ1v) is 13.0. The first-order valence-electron chi connectivity index (χ1n) is 12.1. The summed E-state index contributed by atoms with van der Waals surface area (Å²) in [4.78, 5) is 29.6. The summed E-state index contributed by atoms with van der Waals surface area (Å²) in [6.45, 7) is 9.40. The molecule has 2 amide bonds. The highest BCUT2D eigenvalue weighted by molar-refractivity contribution is 7.99. The lowest BCUT2D eigenvalue weighted by Crippen LogP contribution is -2.57. The van der Waals surface area contributed by atoms with Gasteiger partial charge in [0.25, 0.3) is 0 Å². The number of rotatable bonds is 6. The zero-order valence-electron chi connectivity index (χ0n) is 21.5. The molecule has 190 valence electrons. The number of aromatic nitrogens is 3. The van der Waals surface area contributed by atoms with E-state index in [1.807, 2.05) is 96.7 Å². The van der Waals surface area contributed by atoms with E-state index in [4.69, 9.17) is 4.74 Å². The maximum atomic E-state index is 13.1. The Morgan fingerprint density at radius 3 is 2.47 bits per heavy atom. The van der Waals surface area contributed by atoms with Crippen LogP contribution < -0.4 is 4.74 Å². The molecule has 1 atom stereocenters. The Balaban J connectivity index is 1.50. The maximum absolute atomic E-state index is 13.1. The summed E-state index contributed by atoms with van der Waals surface area (Å²) in [5.41, 5.74) is 1.36. The van der Waals surface area contributed by atoms with Crippen LogP contribution in [0.5, 0.6) is 5.75 Å². The molecule has 0 aliphatic carbocycles. The van der Waals surface area contributed by atoms with Gasteiger partial charge in [0.2, 0.25) is 11.8 Å². The summed E-state index contributed by atoms with van der Waals surface area (Å²) >= 11 is 1.37. The van der Waals surface area contributed by atoms with Gasteiger partial charge in [0, 0.05) is 42.3 Å². The standard InChI is InChI=1S/C27H33N5O3S/c1-19-17-30(14-15-31(19)25(34)27(2,3)4)23(33)18-36-26-29-28-24(20-10-9-13-22(16-20)35-5)32(26)21-11-7-6-8-12-21/h6-13,16,19H,14-15,17-18H2,1-5H3. The molecule has 1 aliphatic heterocycles. The van der Waals surface area contributed by atoms with E-state index in [9.17, 15) is 9.59 Å². The van der Waals surface area contributed by atoms with Crippen LogP contribution in [0.4, 0.5) is 0 Å². The van der Waals surface area contributed by atoms with Gasteiger partial charge < -0.3 is 14.5 Å². The number of para-hydroxylation sites is 1. The van der Waals surface area contributed by atoms with Crippen molar-refractivity contribution in [3.05, 3.63) is 54.6 Å². The van der Waals surface area contributed by atoms with Crippen molar-refractivity contribution in [3.63, 3.8) is 0 Å². The molecule has 0 spiro atoms. The van der Waals surface area contributed by atoms with Gasteiger partial charge in [-0.05, 0) is 31.2 Å². The van der Waals surface area contributed by atoms with Crippen LogP contribution in [0.3, 0.4) is 0 Å². The number of carbonyl (C=O) groups is 2. The van der Waals surface area contributed by atoms with E-state index in [0.29, 0.717) is 30.6 Å². The number of benzene rings is 2. The third-order valence-electron chi connectivity index (χ3n) is 6.18. The zero-order chi connectivity index (χ0) is 25.9. The molecule has 1 fully saturated rings. The van der Waals surface area contributed by atoms with E-state index in [1.54, 1.807) is 7.11 Å². The summed E-state index contributed by atoms with van der Waals surface area (Å²) in [7, 11) is 1.63. The lowest BCUT2D eigenvalue weighted by Gasteiger charge is -2.42. The number of thioether (sulfide) groups is 1. The van der Waals surface area contributed by atoms with E-state index >= 15 is 0 Å². The third-order valence-corrected chi connectivity index (χ3v) is 7.10. The van der Waals surface area contributed by atoms with Crippen LogP contribution in [0.2, 0.25) is 0 Å². The van der Waals surface area contributed by atoms with Gasteiger partial charge in [-0.25, -0.2) is 0 Å². The summed E-state index contributed by atoms with van der Waals surface area (Å²) in [6, 6.07) is 17.5. The van der Waals surface area contributed by atoms with Crippen molar-refractivity contribution in [3.8, 4) is 22.8 Å². The van der Waals surface area contributed by atoms with Crippen molar-refractivity contribution in [2.75, 3.05) is 32.5 Å². The summed E-state index contributed by atoms with van der Waals surface area (Å²) in [6.07, 6.45) is 0. The fourth-order valence-electron chi connectivity index (χ4n) is 4.26. The van der Waals surface area contributed by atoms with Gasteiger partial charge in [-0.2, -0.15) is 0 Å². The monoisotopic (exact) mass is 507 g/mol. The molecule has 4 rings (SSSR count). The number of piperazine rings is 1. The van der Waals surface area contributed by atoms with Gasteiger partial charge in [-0.15, -0.1) is 10.2 Å². The van der Waals surface area contributed by atoms with Gasteiger partial charge in [0.05, 0.1) is 12.9 Å². The normalized spacial score (nSPS) is 16.2. The molecule has 0 saturated carbocycles. The lowest BCUT2D eigenvalue weighted by atomic mass is 9.93. The Morgan fingerprint density at radius 1 is 1.06 bits per heavy atom. The highest BCUT2D eigenvalue weighted by Gasteiger charge is 2.35. The van der Waals surface area contributed by atoms with Crippen LogP contribution in [0, 0.1) is 5.41 Å². The second-order valence-electron chi connectivity index (χ2n) is 9.94. The molecule has 2 aromatic carbocycles. The predicted octanol–water partition coefficient (Wildman–Crippen LogP) is 4.14. The zero-order valence-corrected chi connectivity index (χ0v) is 22.3. The summed E-state index contributed by atoms with van der Waals surface area (Å²) in [5.74, 6) is 1.80. The van der Waals surface area contributed by atoms with E-state index in [-0.39, 0.29) is 23.6 Å². The Morgan fingerprint density at radius 2 is 1.81 bits per heavy atom. The first-order chi connectivity index (χ1) is 17.2. The highest BCUT2D eigenvalue weighted by atomic mass is 32.2. The second-order valence-corrected chi connectivity index (χ2v) is 10.9. The molecule has 2 heterocycles. The van der Waals surface area contributed by atoms with Crippen molar-refractivity contribution >= 4 is 23.6 Å². The molecular formula is C27H33N5O3S. The summed E-state index contributed by atoms with van der Waals surface area (Å²) in [5, 5.41) is 9.53. The van der Waals surface area contributed by atoms with Crippen molar-refractivity contribution in [1.29, 1.82) is 0 Å². The fourth-order valence-corrected chi connectivity index (χ4v) is 5.11. The molecule has 8 nitrogen and oxygen atoms in total. The van der Waals surface area contributed by atoms with Crippen LogP contribution in [-0.4, -0.2) is 74.9 Å². The minimum Gasteiger partial charge on any atom is -0.497 e. The molecule has 1 unspecified atom stereocenters. The van der Waals surface area contributed by atoms with Crippen LogP contribution in [0.1, 0.15) is 27.7 Å². The Kier molecular flexibility index (Phi) is 7.68. The fraction of sp³-hybridized carbons (Fsp3) is 0.407. The largest absolute Gasteiger partial charge is 0.497 e. The van der Waals surface area contributed by atoms with E-state index in [0.717, 1.165) is 17.0 Å². The van der Waals surface area contributed by atoms with Gasteiger partial charge in [0.1, 0.15) is 5.75 Å². The van der Waals surface area contributed by atoms with Crippen molar-refractivity contribution < 1.29 is 14.3 Å². The molecule has 1 aliphatic rings. The number of methoxy groups -OCH3 is 1. The molecule has 3 aromatic rings. The Hall–Kier alpha value is -3.33. The van der Waals surface area contributed by atoms with E-state index < -0.39 is 5.41 Å². The minimum absolute atomic E-state index is 0.0212. The molecular weight excluding hydrogens is 474 g/mol. The van der Waals surface area contributed by atoms with Crippen molar-refractivity contribution in [1.82, 2.24) is 24.6 Å². The SMILES string of the molecule is COc1cccc(-c2nnc(SCC(=O)N3CCN(C(=O)C(C)(C)C)C(C)C3)n2-c2ccccc2)c1. The number of amides is 2. The second kappa shape index (κ2) is 10.7. The number of nitrogens with zero attached hydrogens (tertiary/aromatic N) is 5. The molecule has 0 bridgehead atoms. The Labute approximate surface area is 216 Å². The lowest BCUT2D eigenvalue weighted by molar-refractivity contribution is -0.147. The number of ether oxygens (including phenoxy) is 1. The van der Waals surface area contributed by atoms with Gasteiger partial charge in [0.15, 0.2) is 11.0 Å². The maximum Gasteiger partial charge on any atom is 0.233 e. The molecule has 0 radical (unpaired) electrons. The molecule has 1 saturated heterocycles. The van der Waals surface area contributed by atoms with Crippen LogP contribution in [0.25, 0.3) is 17.1 Å². The average molecular weight is 508 g/mol. The molecule has 36 heavy (non-hydrogen) atoms. The third kappa shape index (κ3) is 5.56. The predicted molar refractivity (Wildman–Crippen MR) is 141 cm³/mol. The Bertz CT molecular complexity index is 1220. The topological polar surface area (TPSA) is 80.6 Å². The van der Waals surface area contributed by atoms with Gasteiger partial charge in [-0.1, -0.05) is 62.9 Å². The molecule has 1 aromatic heterocycles. The molecule has 0 N–H and O–H groups in total. The number of carbonyl (C=O) groups excluding carboxylic acids is 2. The van der Waals surface area contributed by atoms with Crippen molar-refractivity contribution in [2.24, 2.45) is 5.41 Å². The number of hydrogen-bond acceptors (Lipinski definition) is 6. The van der Waals surface area contributed by atoms with E-state index in [1.165, 1.54) is 11.8 Å². The van der Waals surface area contributed by atoms with Crippen molar-refractivity contribution in [2.45, 2.75) is 38.9 Å². The minimum atomic E-state index is -0.432. The van der Waals surface area contributed by atoms with Crippen LogP contribution in [0.15, 0.2) is 59.8 Å². The highest BCUT2D eigenvalue weighted by Crippen LogP contribution is 2.30. The van der Waals surface area contributed by atoms with Crippen LogP contribution >= 0.6 is 11.8 Å². The van der Waals surface area contributed by atoms with Gasteiger partial charge >= 0.3 is 0 Å². The average Bonchev–Trinajstić information content (AvgIpc) is 3.31. The van der Waals surface area contributed by atoms with Crippen LogP contribution in [-0.2, 0) is 9.59 Å². The first kappa shape index (κ1) is 25.8. The van der Waals surface area contributed by atoms with E-state index in [2.05, 4.69) is 10.2 Å². The molecule has 9 heteroatoms.